The van der Waals surface area contributed by atoms with Crippen molar-refractivity contribution in [2.24, 2.45) is 70.0 Å². The predicted molar refractivity (Wildman–Crippen MR) is 84.4 cm³/mol. The summed E-state index contributed by atoms with van der Waals surface area (Å²) in [7, 11) is 0. The molecule has 8 aliphatic rings. The van der Waals surface area contributed by atoms with Gasteiger partial charge < -0.3 is 20.4 Å². The molecule has 4 nitrogen and oxygen atoms in total. The van der Waals surface area contributed by atoms with E-state index in [9.17, 15) is 20.4 Å². The molecule has 0 aliphatic heterocycles. The van der Waals surface area contributed by atoms with E-state index in [4.69, 9.17) is 0 Å². The minimum Gasteiger partial charge on any atom is -0.396 e. The van der Waals surface area contributed by atoms with Crippen molar-refractivity contribution in [1.29, 1.82) is 0 Å². The van der Waals surface area contributed by atoms with Crippen LogP contribution in [0.2, 0.25) is 0 Å². The Balaban J connectivity index is 1.48. The number of hydrogen-bond acceptors (Lipinski definition) is 4. The molecular formula is C20H28O4. The van der Waals surface area contributed by atoms with Crippen molar-refractivity contribution in [1.82, 2.24) is 0 Å². The molecule has 0 heterocycles. The number of aliphatic hydroxyl groups excluding tert-OH is 4. The molecule has 8 bridgehead atoms. The summed E-state index contributed by atoms with van der Waals surface area (Å²) in [6.07, 6.45) is 3.66. The van der Waals surface area contributed by atoms with Crippen LogP contribution in [-0.2, 0) is 0 Å². The van der Waals surface area contributed by atoms with Gasteiger partial charge in [-0.2, -0.15) is 0 Å². The topological polar surface area (TPSA) is 80.9 Å². The molecule has 0 aromatic carbocycles. The highest BCUT2D eigenvalue weighted by Crippen LogP contribution is 2.96. The first kappa shape index (κ1) is 14.0. The third-order valence-corrected chi connectivity index (χ3v) is 11.1. The Hall–Kier alpha value is -0.160. The molecule has 4 heteroatoms. The second-order valence-electron chi connectivity index (χ2n) is 10.4. The molecule has 4 N–H and O–H groups in total. The highest BCUT2D eigenvalue weighted by atomic mass is 16.3. The van der Waals surface area contributed by atoms with Gasteiger partial charge in [0.05, 0.1) is 12.2 Å². The van der Waals surface area contributed by atoms with Crippen LogP contribution in [0.3, 0.4) is 0 Å². The summed E-state index contributed by atoms with van der Waals surface area (Å²) >= 11 is 0. The fraction of sp³-hybridized carbons (Fsp3) is 1.00. The fourth-order valence-corrected chi connectivity index (χ4v) is 11.6. The molecule has 0 amide bonds. The van der Waals surface area contributed by atoms with Gasteiger partial charge in [-0.25, -0.2) is 0 Å². The number of aliphatic hydroxyl groups is 4. The van der Waals surface area contributed by atoms with Crippen LogP contribution in [0, 0.1) is 70.0 Å². The minimum atomic E-state index is -0.185. The molecule has 24 heavy (non-hydrogen) atoms. The second kappa shape index (κ2) is 3.76. The normalized spacial score (nSPS) is 75.5. The molecule has 0 spiro atoms. The van der Waals surface area contributed by atoms with Crippen molar-refractivity contribution in [2.45, 2.75) is 37.9 Å². The Morgan fingerprint density at radius 1 is 0.583 bits per heavy atom. The second-order valence-corrected chi connectivity index (χ2v) is 10.4. The van der Waals surface area contributed by atoms with Crippen molar-refractivity contribution in [2.75, 3.05) is 13.2 Å². The molecule has 0 radical (unpaired) electrons. The quantitative estimate of drug-likeness (QED) is 0.593. The zero-order valence-corrected chi connectivity index (χ0v) is 14.0. The van der Waals surface area contributed by atoms with Crippen LogP contribution in [0.4, 0.5) is 0 Å². The zero-order chi connectivity index (χ0) is 16.2. The summed E-state index contributed by atoms with van der Waals surface area (Å²) in [6.45, 7) is 0.385. The summed E-state index contributed by atoms with van der Waals surface area (Å²) in [5.41, 5.74) is -0.297. The molecule has 132 valence electrons. The van der Waals surface area contributed by atoms with Gasteiger partial charge in [0.2, 0.25) is 0 Å². The molecule has 0 unspecified atom stereocenters. The summed E-state index contributed by atoms with van der Waals surface area (Å²) in [4.78, 5) is 0. The molecule has 0 aromatic heterocycles. The highest BCUT2D eigenvalue weighted by Gasteiger charge is 2.96. The first-order chi connectivity index (χ1) is 11.6. The third-order valence-electron chi connectivity index (χ3n) is 11.1. The van der Waals surface area contributed by atoms with E-state index in [-0.39, 0.29) is 36.3 Å². The van der Waals surface area contributed by atoms with E-state index < -0.39 is 0 Å². The van der Waals surface area contributed by atoms with E-state index in [0.717, 1.165) is 25.7 Å². The Labute approximate surface area is 142 Å². The molecule has 8 fully saturated rings. The van der Waals surface area contributed by atoms with Gasteiger partial charge in [0.25, 0.3) is 0 Å². The largest absolute Gasteiger partial charge is 0.396 e. The number of hydrogen-bond donors (Lipinski definition) is 4. The first-order valence-electron chi connectivity index (χ1n) is 10.2. The minimum absolute atomic E-state index is 0.149. The fourth-order valence-electron chi connectivity index (χ4n) is 11.6. The lowest BCUT2D eigenvalue weighted by molar-refractivity contribution is -0.196. The molecule has 8 rings (SSSR count). The summed E-state index contributed by atoms with van der Waals surface area (Å²) < 4.78 is 0. The van der Waals surface area contributed by atoms with Crippen molar-refractivity contribution < 1.29 is 20.4 Å². The molecule has 8 aliphatic carbocycles. The molecule has 8 saturated carbocycles. The summed E-state index contributed by atoms with van der Waals surface area (Å²) in [6, 6.07) is 0. The van der Waals surface area contributed by atoms with Crippen LogP contribution in [-0.4, -0.2) is 45.8 Å². The van der Waals surface area contributed by atoms with Crippen LogP contribution >= 0.6 is 0 Å². The van der Waals surface area contributed by atoms with E-state index >= 15 is 0 Å². The predicted octanol–water partition coefficient (Wildman–Crippen LogP) is 0.483. The van der Waals surface area contributed by atoms with Crippen molar-refractivity contribution in [3.05, 3.63) is 0 Å². The molecular weight excluding hydrogens is 304 g/mol. The maximum atomic E-state index is 10.7. The lowest BCUT2D eigenvalue weighted by Gasteiger charge is -2.60. The Morgan fingerprint density at radius 3 is 1.38 bits per heavy atom. The number of rotatable bonds is 2. The van der Waals surface area contributed by atoms with Crippen molar-refractivity contribution >= 4 is 0 Å². The Kier molecular flexibility index (Phi) is 2.19. The van der Waals surface area contributed by atoms with Gasteiger partial charge in [0.15, 0.2) is 0 Å². The molecule has 14 atom stereocenters. The van der Waals surface area contributed by atoms with Crippen LogP contribution < -0.4 is 0 Å². The van der Waals surface area contributed by atoms with E-state index in [1.165, 1.54) is 0 Å². The van der Waals surface area contributed by atoms with Crippen LogP contribution in [0.25, 0.3) is 0 Å². The van der Waals surface area contributed by atoms with Gasteiger partial charge in [0.1, 0.15) is 0 Å². The van der Waals surface area contributed by atoms with E-state index in [0.29, 0.717) is 59.2 Å². The van der Waals surface area contributed by atoms with Gasteiger partial charge in [-0.05, 0) is 84.9 Å². The van der Waals surface area contributed by atoms with Gasteiger partial charge >= 0.3 is 0 Å². The summed E-state index contributed by atoms with van der Waals surface area (Å²) in [5, 5.41) is 42.8. The SMILES string of the molecule is OC[C@]12[C@@H]3[C@H]4[C@@H]5[C@@H]([C@H]6[C@@H](CC[C@H]6O)[C@H]51)[C@@]2(CO)[C@H]4[C@@H]1CC[C@H](O)[C@@H]13. The molecule has 0 saturated heterocycles. The van der Waals surface area contributed by atoms with E-state index in [1.54, 1.807) is 0 Å². The van der Waals surface area contributed by atoms with Gasteiger partial charge in [-0.15, -0.1) is 0 Å². The number of fused-ring (bicyclic) bond motifs is 2. The van der Waals surface area contributed by atoms with Crippen LogP contribution in [0.5, 0.6) is 0 Å². The lowest BCUT2D eigenvalue weighted by atomic mass is 9.44. The maximum Gasteiger partial charge on any atom is 0.0574 e. The van der Waals surface area contributed by atoms with Crippen LogP contribution in [0.1, 0.15) is 25.7 Å². The van der Waals surface area contributed by atoms with Gasteiger partial charge in [0, 0.05) is 24.0 Å². The third kappa shape index (κ3) is 0.933. The smallest absolute Gasteiger partial charge is 0.0574 e. The summed E-state index contributed by atoms with van der Waals surface area (Å²) in [5.74, 6) is 4.98. The monoisotopic (exact) mass is 332 g/mol. The standard InChI is InChI=1S/C20H28O4/c21-5-19-15-7-1-3-9(23)11(7)17-13(15)14-16(20(17,19)6-22)8-2-4-10(24)12(8)18(14)19/h7-18,21-24H,1-6H2/t7-,8-,9-,10+,11+,12-,13+,14+,15-,16+,17-,18+,19-,20-/m1/s1. The highest BCUT2D eigenvalue weighted by molar-refractivity contribution is 5.42. The Bertz CT molecular complexity index is 583. The first-order valence-corrected chi connectivity index (χ1v) is 10.2. The Morgan fingerprint density at radius 2 is 1.00 bits per heavy atom. The van der Waals surface area contributed by atoms with E-state index in [1.807, 2.05) is 0 Å². The average Bonchev–Trinajstić information content (AvgIpc) is 3.36. The zero-order valence-electron chi connectivity index (χ0n) is 14.0. The van der Waals surface area contributed by atoms with Crippen molar-refractivity contribution in [3.63, 3.8) is 0 Å². The lowest BCUT2D eigenvalue weighted by Crippen LogP contribution is -2.62. The molecule has 0 aromatic rings. The van der Waals surface area contributed by atoms with E-state index in [2.05, 4.69) is 0 Å². The van der Waals surface area contributed by atoms with Crippen molar-refractivity contribution in [3.8, 4) is 0 Å². The van der Waals surface area contributed by atoms with Crippen LogP contribution in [0.15, 0.2) is 0 Å². The maximum absolute atomic E-state index is 10.7. The van der Waals surface area contributed by atoms with Gasteiger partial charge in [-0.3, -0.25) is 0 Å². The van der Waals surface area contributed by atoms with Gasteiger partial charge in [-0.1, -0.05) is 0 Å². The average molecular weight is 332 g/mol.